The van der Waals surface area contributed by atoms with Crippen LogP contribution in [-0.2, 0) is 36.3 Å². The summed E-state index contributed by atoms with van der Waals surface area (Å²) in [5.74, 6) is -0.152. The van der Waals surface area contributed by atoms with Crippen molar-refractivity contribution < 1.29 is 65.4 Å². The van der Waals surface area contributed by atoms with Crippen LogP contribution in [0.1, 0.15) is 12.6 Å². The van der Waals surface area contributed by atoms with Crippen LogP contribution < -0.4 is 11.4 Å². The van der Waals surface area contributed by atoms with Gasteiger partial charge in [-0.25, -0.2) is 18.5 Å². The van der Waals surface area contributed by atoms with Gasteiger partial charge in [0.25, 0.3) is 0 Å². The number of phosphoric ester groups is 1. The van der Waals surface area contributed by atoms with Crippen molar-refractivity contribution in [1.82, 2.24) is 9.55 Å². The number of aromatic nitrogens is 2. The summed E-state index contributed by atoms with van der Waals surface area (Å²) in [5.41, 5.74) is -0.0418. The van der Waals surface area contributed by atoms with Crippen LogP contribution in [0.5, 0.6) is 0 Å². The van der Waals surface area contributed by atoms with Crippen LogP contribution in [-0.4, -0.2) is 71.4 Å². The monoisotopic (exact) mass is 541 g/mol. The molecule has 1 aliphatic heterocycles. The molecule has 0 bridgehead atoms. The predicted octanol–water partition coefficient (Wildman–Crippen LogP) is -1.08. The summed E-state index contributed by atoms with van der Waals surface area (Å²) in [6.45, 7) is -1.17. The first-order valence-electron chi connectivity index (χ1n) is 8.68. The van der Waals surface area contributed by atoms with Crippen LogP contribution in [0.2, 0.25) is 0 Å². The summed E-state index contributed by atoms with van der Waals surface area (Å²) in [4.78, 5) is 51.8. The zero-order valence-corrected chi connectivity index (χ0v) is 19.1. The van der Waals surface area contributed by atoms with Crippen molar-refractivity contribution in [1.29, 1.82) is 0 Å². The first-order chi connectivity index (χ1) is 15.0. The maximum atomic E-state index is 13.4. The van der Waals surface area contributed by atoms with Gasteiger partial charge in [0.05, 0.1) is 6.67 Å². The van der Waals surface area contributed by atoms with Crippen molar-refractivity contribution >= 4 is 29.3 Å². The topological polar surface area (TPSA) is 259 Å². The fourth-order valence-corrected chi connectivity index (χ4v) is 6.98. The van der Waals surface area contributed by atoms with E-state index in [1.165, 1.54) is 6.07 Å². The van der Waals surface area contributed by atoms with Gasteiger partial charge < -0.3 is 39.9 Å². The molecule has 1 saturated carbocycles. The van der Waals surface area contributed by atoms with E-state index < -0.39 is 71.9 Å². The van der Waals surface area contributed by atoms with Gasteiger partial charge in [-0.15, -0.1) is 0 Å². The van der Waals surface area contributed by atoms with Crippen molar-refractivity contribution in [2.75, 3.05) is 19.5 Å². The van der Waals surface area contributed by atoms with Gasteiger partial charge in [0, 0.05) is 19.7 Å². The van der Waals surface area contributed by atoms with Crippen LogP contribution in [0.3, 0.4) is 0 Å². The number of hydrogen-bond donors (Lipinski definition) is 6. The van der Waals surface area contributed by atoms with Gasteiger partial charge >= 0.3 is 29.2 Å². The Hall–Kier alpha value is -1.10. The minimum absolute atomic E-state index is 0.152. The Morgan fingerprint density at radius 2 is 1.88 bits per heavy atom. The number of ether oxygens (including phenoxy) is 2. The van der Waals surface area contributed by atoms with E-state index in [2.05, 4.69) is 13.6 Å². The van der Waals surface area contributed by atoms with E-state index in [9.17, 15) is 37.8 Å². The van der Waals surface area contributed by atoms with Gasteiger partial charge in [-0.2, -0.15) is 13.6 Å². The van der Waals surface area contributed by atoms with Crippen LogP contribution in [0.4, 0.5) is 10.2 Å². The highest BCUT2D eigenvalue weighted by Crippen LogP contribution is 2.71. The molecule has 0 aromatic carbocycles. The third-order valence-electron chi connectivity index (χ3n) is 4.95. The van der Waals surface area contributed by atoms with E-state index in [1.807, 2.05) is 0 Å². The minimum Gasteiger partial charge on any atom is -0.383 e. The van der Waals surface area contributed by atoms with E-state index in [0.29, 0.717) is 0 Å². The number of hydrogen-bond acceptors (Lipinski definition) is 12. The second-order valence-corrected chi connectivity index (χ2v) is 11.3. The van der Waals surface area contributed by atoms with Crippen LogP contribution >= 0.6 is 23.5 Å². The number of fused-ring (bicyclic) bond motifs is 1. The minimum atomic E-state index is -5.81. The van der Waals surface area contributed by atoms with Crippen molar-refractivity contribution in [3.8, 4) is 0 Å². The molecule has 0 radical (unpaired) electrons. The molecular formula is C12H19FN3O14P3. The van der Waals surface area contributed by atoms with E-state index in [-0.39, 0.29) is 5.82 Å². The van der Waals surface area contributed by atoms with Gasteiger partial charge in [0.1, 0.15) is 23.6 Å². The Bertz CT molecular complexity index is 1130. The molecule has 3 rings (SSSR count). The number of alkyl halides is 1. The average molecular weight is 541 g/mol. The maximum absolute atomic E-state index is 13.4. The second kappa shape index (κ2) is 8.53. The van der Waals surface area contributed by atoms with Gasteiger partial charge in [-0.1, -0.05) is 0 Å². The highest BCUT2D eigenvalue weighted by molar-refractivity contribution is 7.66. The molecule has 7 atom stereocenters. The van der Waals surface area contributed by atoms with Gasteiger partial charge in [0.15, 0.2) is 11.8 Å². The number of nitrogens with two attached hydrogens (primary N) is 1. The van der Waals surface area contributed by atoms with Crippen LogP contribution in [0.15, 0.2) is 17.1 Å². The van der Waals surface area contributed by atoms with Crippen molar-refractivity contribution in [3.63, 3.8) is 0 Å². The molecule has 188 valence electrons. The largest absolute Gasteiger partial charge is 0.490 e. The van der Waals surface area contributed by atoms with E-state index in [4.69, 9.17) is 29.5 Å². The molecule has 0 amide bonds. The number of methoxy groups -OCH3 is 1. The molecule has 2 aliphatic rings. The average Bonchev–Trinajstić information content (AvgIpc) is 3.13. The lowest BCUT2D eigenvalue weighted by atomic mass is 9.89. The SMILES string of the molecule is COC12C(OC(n3ccc(N)nc3=O)C1(O)CCF)C2OP(=O)(O)OP(=O)(O)OP(=O)(O)O. The molecule has 0 spiro atoms. The second-order valence-electron chi connectivity index (χ2n) is 6.93. The number of halogens is 1. The lowest BCUT2D eigenvalue weighted by molar-refractivity contribution is -0.181. The number of phosphoric acid groups is 3. The first-order valence-corrected chi connectivity index (χ1v) is 13.2. The number of nitrogen functional groups attached to an aromatic ring is 1. The molecule has 7 N–H and O–H groups in total. The molecule has 1 saturated heterocycles. The summed E-state index contributed by atoms with van der Waals surface area (Å²) in [6, 6.07) is 1.19. The molecule has 2 heterocycles. The molecule has 7 unspecified atom stereocenters. The Morgan fingerprint density at radius 1 is 1.24 bits per heavy atom. The fraction of sp³-hybridized carbons (Fsp3) is 0.667. The Balaban J connectivity index is 1.88. The third kappa shape index (κ3) is 4.86. The Morgan fingerprint density at radius 3 is 2.39 bits per heavy atom. The standard InChI is InChI=1S/C12H19FN3O14P3/c1-26-12-7(8(12)28-32(22,23)30-33(24,25)29-31(19,20)21)27-9(11(12,18)3-4-13)16-5-2-6(14)15-10(16)17/h2,5,7-9,18H,3-4H2,1H3,(H,22,23)(H,24,25)(H2,14,15,17)(H2,19,20,21). The zero-order chi connectivity index (χ0) is 25.0. The van der Waals surface area contributed by atoms with E-state index >= 15 is 0 Å². The summed E-state index contributed by atoms with van der Waals surface area (Å²) >= 11 is 0. The molecule has 1 aromatic heterocycles. The first kappa shape index (κ1) is 26.5. The molecule has 2 fully saturated rings. The summed E-state index contributed by atoms with van der Waals surface area (Å²) in [6.07, 6.45) is -4.39. The highest BCUT2D eigenvalue weighted by Gasteiger charge is 2.86. The van der Waals surface area contributed by atoms with E-state index in [1.54, 1.807) is 0 Å². The van der Waals surface area contributed by atoms with Gasteiger partial charge in [-0.3, -0.25) is 13.5 Å². The molecule has 21 heteroatoms. The lowest BCUT2D eigenvalue weighted by Crippen LogP contribution is -2.54. The normalized spacial score (nSPS) is 34.9. The number of nitrogens with zero attached hydrogens (tertiary/aromatic N) is 2. The summed E-state index contributed by atoms with van der Waals surface area (Å²) in [5, 5.41) is 11.3. The Labute approximate surface area is 183 Å². The molecule has 1 aliphatic carbocycles. The molecule has 17 nitrogen and oxygen atoms in total. The van der Waals surface area contributed by atoms with E-state index in [0.717, 1.165) is 17.9 Å². The lowest BCUT2D eigenvalue weighted by Gasteiger charge is -2.37. The molecular weight excluding hydrogens is 522 g/mol. The maximum Gasteiger partial charge on any atom is 0.490 e. The predicted molar refractivity (Wildman–Crippen MR) is 101 cm³/mol. The van der Waals surface area contributed by atoms with Crippen LogP contribution in [0.25, 0.3) is 0 Å². The van der Waals surface area contributed by atoms with Crippen LogP contribution in [0, 0.1) is 0 Å². The van der Waals surface area contributed by atoms with Crippen molar-refractivity contribution in [2.45, 2.75) is 36.1 Å². The van der Waals surface area contributed by atoms with Gasteiger partial charge in [-0.05, 0) is 6.07 Å². The van der Waals surface area contributed by atoms with Crippen molar-refractivity contribution in [3.05, 3.63) is 22.7 Å². The molecule has 1 aromatic rings. The fourth-order valence-electron chi connectivity index (χ4n) is 3.76. The molecule has 33 heavy (non-hydrogen) atoms. The highest BCUT2D eigenvalue weighted by atomic mass is 31.3. The summed E-state index contributed by atoms with van der Waals surface area (Å²) < 4.78 is 71.2. The summed E-state index contributed by atoms with van der Waals surface area (Å²) in [7, 11) is -16.1. The number of aliphatic hydroxyl groups is 1. The van der Waals surface area contributed by atoms with Gasteiger partial charge in [0.2, 0.25) is 0 Å². The third-order valence-corrected chi connectivity index (χ3v) is 8.77. The number of rotatable bonds is 10. The zero-order valence-electron chi connectivity index (χ0n) is 16.4. The number of anilines is 1. The smallest absolute Gasteiger partial charge is 0.383 e. The Kier molecular flexibility index (Phi) is 6.85. The quantitative estimate of drug-likeness (QED) is 0.193. The van der Waals surface area contributed by atoms with Crippen molar-refractivity contribution in [2.24, 2.45) is 0 Å².